The molecule has 1 aliphatic rings. The first-order valence-corrected chi connectivity index (χ1v) is 8.73. The van der Waals surface area contributed by atoms with Crippen LogP contribution in [0, 0.1) is 10.1 Å². The second-order valence-corrected chi connectivity index (χ2v) is 6.13. The number of carbonyl (C=O) groups excluding carboxylic acids is 1. The third-order valence-corrected chi connectivity index (χ3v) is 4.41. The third kappa shape index (κ3) is 3.60. The van der Waals surface area contributed by atoms with Crippen LogP contribution in [0.25, 0.3) is 6.08 Å². The smallest absolute Gasteiger partial charge is 0.363 e. The average Bonchev–Trinajstić information content (AvgIpc) is 3.02. The Bertz CT molecular complexity index is 935. The van der Waals surface area contributed by atoms with Gasteiger partial charge in [-0.2, -0.15) is 0 Å². The molecule has 0 bridgehead atoms. The molecule has 8 heteroatoms. The normalized spacial score (nSPS) is 14.9. The van der Waals surface area contributed by atoms with Crippen LogP contribution in [0.5, 0.6) is 5.75 Å². The lowest BCUT2D eigenvalue weighted by molar-refractivity contribution is -0.385. The molecule has 0 N–H and O–H groups in total. The van der Waals surface area contributed by atoms with Crippen LogP contribution in [0.2, 0.25) is 0 Å². The Labute approximate surface area is 153 Å². The van der Waals surface area contributed by atoms with E-state index in [0.29, 0.717) is 5.56 Å². The molecule has 0 radical (unpaired) electrons. The number of hydrogen-bond donors (Lipinski definition) is 0. The predicted molar refractivity (Wildman–Crippen MR) is 98.5 cm³/mol. The van der Waals surface area contributed by atoms with E-state index in [-0.39, 0.29) is 23.0 Å². The van der Waals surface area contributed by atoms with Gasteiger partial charge >= 0.3 is 11.7 Å². The van der Waals surface area contributed by atoms with Crippen molar-refractivity contribution in [1.82, 2.24) is 0 Å². The summed E-state index contributed by atoms with van der Waals surface area (Å²) in [4.78, 5) is 27.9. The molecule has 0 amide bonds. The van der Waals surface area contributed by atoms with Crippen molar-refractivity contribution in [1.29, 1.82) is 0 Å². The highest BCUT2D eigenvalue weighted by molar-refractivity contribution is 7.98. The molecule has 1 aliphatic heterocycles. The van der Waals surface area contributed by atoms with Crippen LogP contribution >= 0.6 is 11.8 Å². The van der Waals surface area contributed by atoms with Crippen molar-refractivity contribution in [3.05, 3.63) is 69.4 Å². The van der Waals surface area contributed by atoms with Crippen LogP contribution in [0.15, 0.2) is 58.0 Å². The first-order chi connectivity index (χ1) is 12.5. The SMILES string of the molecule is COc1ccc(C2=N/C(=C/c3ccc(SC)cc3)C(=O)O2)cc1[N+](=O)[O-]. The van der Waals surface area contributed by atoms with Gasteiger partial charge in [0.1, 0.15) is 0 Å². The topological polar surface area (TPSA) is 91.0 Å². The molecule has 132 valence electrons. The molecule has 0 atom stereocenters. The molecule has 7 nitrogen and oxygen atoms in total. The number of benzene rings is 2. The molecular weight excluding hydrogens is 356 g/mol. The quantitative estimate of drug-likeness (QED) is 0.262. The number of aliphatic imine (C=N–C) groups is 1. The van der Waals surface area contributed by atoms with Crippen LogP contribution in [0.3, 0.4) is 0 Å². The van der Waals surface area contributed by atoms with E-state index in [9.17, 15) is 14.9 Å². The summed E-state index contributed by atoms with van der Waals surface area (Å²) in [5.41, 5.74) is 1.04. The van der Waals surface area contributed by atoms with E-state index < -0.39 is 10.9 Å². The highest BCUT2D eigenvalue weighted by atomic mass is 32.2. The zero-order valence-electron chi connectivity index (χ0n) is 14.0. The lowest BCUT2D eigenvalue weighted by Crippen LogP contribution is -2.06. The van der Waals surface area contributed by atoms with Crippen molar-refractivity contribution in [2.75, 3.05) is 13.4 Å². The number of nitro groups is 1. The van der Waals surface area contributed by atoms with Crippen molar-refractivity contribution < 1.29 is 19.2 Å². The first-order valence-electron chi connectivity index (χ1n) is 7.51. The van der Waals surface area contributed by atoms with Crippen molar-refractivity contribution in [3.63, 3.8) is 0 Å². The Balaban J connectivity index is 1.93. The molecule has 2 aromatic rings. The number of methoxy groups -OCH3 is 1. The number of hydrogen-bond acceptors (Lipinski definition) is 7. The van der Waals surface area contributed by atoms with Gasteiger partial charge in [0.05, 0.1) is 12.0 Å². The number of ether oxygens (including phenoxy) is 2. The molecular formula is C18H14N2O5S. The number of thioether (sulfide) groups is 1. The summed E-state index contributed by atoms with van der Waals surface area (Å²) in [5, 5.41) is 11.1. The van der Waals surface area contributed by atoms with Crippen LogP contribution in [-0.2, 0) is 9.53 Å². The van der Waals surface area contributed by atoms with Gasteiger partial charge in [0.25, 0.3) is 0 Å². The van der Waals surface area contributed by atoms with E-state index in [1.54, 1.807) is 23.9 Å². The molecule has 0 saturated heterocycles. The Morgan fingerprint density at radius 2 is 1.96 bits per heavy atom. The Hall–Kier alpha value is -3.13. The van der Waals surface area contributed by atoms with E-state index in [1.807, 2.05) is 30.5 Å². The summed E-state index contributed by atoms with van der Waals surface area (Å²) < 4.78 is 10.1. The molecule has 1 heterocycles. The van der Waals surface area contributed by atoms with E-state index >= 15 is 0 Å². The molecule has 0 saturated carbocycles. The van der Waals surface area contributed by atoms with Crippen LogP contribution < -0.4 is 4.74 Å². The number of rotatable bonds is 5. The monoisotopic (exact) mass is 370 g/mol. The lowest BCUT2D eigenvalue weighted by atomic mass is 10.2. The van der Waals surface area contributed by atoms with Crippen molar-refractivity contribution in [3.8, 4) is 5.75 Å². The van der Waals surface area contributed by atoms with Gasteiger partial charge < -0.3 is 9.47 Å². The minimum absolute atomic E-state index is 0.0211. The van der Waals surface area contributed by atoms with Crippen molar-refractivity contribution >= 4 is 35.4 Å². The van der Waals surface area contributed by atoms with Crippen molar-refractivity contribution in [2.45, 2.75) is 4.90 Å². The number of carbonyl (C=O) groups is 1. The summed E-state index contributed by atoms with van der Waals surface area (Å²) in [6.07, 6.45) is 3.59. The fourth-order valence-corrected chi connectivity index (χ4v) is 2.76. The van der Waals surface area contributed by atoms with Crippen LogP contribution in [-0.4, -0.2) is 30.2 Å². The fourth-order valence-electron chi connectivity index (χ4n) is 2.36. The Morgan fingerprint density at radius 1 is 1.23 bits per heavy atom. The van der Waals surface area contributed by atoms with Gasteiger partial charge in [0.15, 0.2) is 11.4 Å². The van der Waals surface area contributed by atoms with E-state index in [1.165, 1.54) is 19.2 Å². The molecule has 0 aliphatic carbocycles. The molecule has 0 unspecified atom stereocenters. The summed E-state index contributed by atoms with van der Waals surface area (Å²) in [6.45, 7) is 0. The zero-order chi connectivity index (χ0) is 18.7. The van der Waals surface area contributed by atoms with Gasteiger partial charge in [-0.1, -0.05) is 12.1 Å². The second kappa shape index (κ2) is 7.40. The summed E-state index contributed by atoms with van der Waals surface area (Å²) >= 11 is 1.62. The average molecular weight is 370 g/mol. The van der Waals surface area contributed by atoms with Crippen LogP contribution in [0.1, 0.15) is 11.1 Å². The maximum Gasteiger partial charge on any atom is 0.363 e. The van der Waals surface area contributed by atoms with Gasteiger partial charge in [-0.25, -0.2) is 9.79 Å². The molecule has 26 heavy (non-hydrogen) atoms. The number of nitrogens with zero attached hydrogens (tertiary/aromatic N) is 2. The first kappa shape index (κ1) is 17.7. The van der Waals surface area contributed by atoms with Gasteiger partial charge in [0.2, 0.25) is 5.90 Å². The molecule has 0 aromatic heterocycles. The molecule has 2 aromatic carbocycles. The Morgan fingerprint density at radius 3 is 2.58 bits per heavy atom. The highest BCUT2D eigenvalue weighted by Crippen LogP contribution is 2.29. The zero-order valence-corrected chi connectivity index (χ0v) is 14.8. The highest BCUT2D eigenvalue weighted by Gasteiger charge is 2.26. The molecule has 0 fully saturated rings. The minimum atomic E-state index is -0.604. The summed E-state index contributed by atoms with van der Waals surface area (Å²) in [7, 11) is 1.35. The number of esters is 1. The predicted octanol–water partition coefficient (Wildman–Crippen LogP) is 3.67. The fraction of sp³-hybridized carbons (Fsp3) is 0.111. The minimum Gasteiger partial charge on any atom is -0.490 e. The second-order valence-electron chi connectivity index (χ2n) is 5.25. The van der Waals surface area contributed by atoms with E-state index in [4.69, 9.17) is 9.47 Å². The molecule has 3 rings (SSSR count). The summed E-state index contributed by atoms with van der Waals surface area (Å²) in [5.74, 6) is -0.464. The van der Waals surface area contributed by atoms with Gasteiger partial charge in [-0.15, -0.1) is 11.8 Å². The number of cyclic esters (lactones) is 1. The maximum absolute atomic E-state index is 12.1. The Kier molecular flexibility index (Phi) is 5.04. The largest absolute Gasteiger partial charge is 0.490 e. The van der Waals surface area contributed by atoms with Crippen molar-refractivity contribution in [2.24, 2.45) is 4.99 Å². The van der Waals surface area contributed by atoms with Gasteiger partial charge in [0, 0.05) is 16.5 Å². The molecule has 0 spiro atoms. The van der Waals surface area contributed by atoms with Crippen LogP contribution in [0.4, 0.5) is 5.69 Å². The van der Waals surface area contributed by atoms with E-state index in [2.05, 4.69) is 4.99 Å². The standard InChI is InChI=1S/C18H14N2O5S/c1-24-16-8-5-12(10-15(16)20(22)23)17-19-14(18(21)25-17)9-11-3-6-13(26-2)7-4-11/h3-10H,1-2H3/b14-9+. The summed E-state index contributed by atoms with van der Waals surface area (Å²) in [6, 6.07) is 11.9. The van der Waals surface area contributed by atoms with Gasteiger partial charge in [-0.3, -0.25) is 10.1 Å². The van der Waals surface area contributed by atoms with E-state index in [0.717, 1.165) is 10.5 Å². The van der Waals surface area contributed by atoms with Gasteiger partial charge in [-0.05, 0) is 42.2 Å². The maximum atomic E-state index is 12.1. The number of nitro benzene ring substituents is 1. The lowest BCUT2D eigenvalue weighted by Gasteiger charge is -2.03. The third-order valence-electron chi connectivity index (χ3n) is 3.66.